The molecule has 0 fully saturated rings. The van der Waals surface area contributed by atoms with Gasteiger partial charge in [-0.1, -0.05) is 30.0 Å². The number of thioether (sulfide) groups is 1. The molecule has 1 aromatic heterocycles. The maximum Gasteiger partial charge on any atom is 0.201 e. The van der Waals surface area contributed by atoms with Crippen molar-refractivity contribution in [3.05, 3.63) is 47.6 Å². The van der Waals surface area contributed by atoms with E-state index in [1.165, 1.54) is 17.2 Å². The van der Waals surface area contributed by atoms with Gasteiger partial charge in [-0.05, 0) is 6.07 Å². The van der Waals surface area contributed by atoms with Crippen LogP contribution in [0.25, 0.3) is 4.91 Å². The van der Waals surface area contributed by atoms with Crippen molar-refractivity contribution in [2.24, 2.45) is 7.05 Å². The summed E-state index contributed by atoms with van der Waals surface area (Å²) in [5, 5.41) is 2.09. The number of rotatable bonds is 2. The minimum Gasteiger partial charge on any atom is -0.329 e. The van der Waals surface area contributed by atoms with Crippen LogP contribution in [-0.4, -0.2) is 18.0 Å². The fourth-order valence-electron chi connectivity index (χ4n) is 1.81. The maximum atomic E-state index is 12.0. The minimum atomic E-state index is -3.29. The Labute approximate surface area is 109 Å². The van der Waals surface area contributed by atoms with Crippen LogP contribution in [0.5, 0.6) is 0 Å². The average molecular weight is 278 g/mol. The number of hydrogen-bond donors (Lipinski definition) is 0. The summed E-state index contributed by atoms with van der Waals surface area (Å²) >= 11 is 1.36. The van der Waals surface area contributed by atoms with Crippen molar-refractivity contribution < 1.29 is 8.42 Å². The first-order valence-corrected chi connectivity index (χ1v) is 7.65. The third kappa shape index (κ3) is 1.77. The lowest BCUT2D eigenvalue weighted by molar-refractivity contribution is 0.605. The highest BCUT2D eigenvalue weighted by Crippen LogP contribution is 2.42. The molecule has 2 heterocycles. The second kappa shape index (κ2) is 4.00. The van der Waals surface area contributed by atoms with Crippen LogP contribution in [0.2, 0.25) is 0 Å². The van der Waals surface area contributed by atoms with Gasteiger partial charge in [-0.3, -0.25) is 0 Å². The number of imidazole rings is 1. The molecular formula is C12H10N2O2S2. The predicted octanol–water partition coefficient (Wildman–Crippen LogP) is 2.30. The molecule has 0 aliphatic carbocycles. The summed E-state index contributed by atoms with van der Waals surface area (Å²) in [7, 11) is -1.41. The molecule has 1 aliphatic heterocycles. The van der Waals surface area contributed by atoms with Crippen LogP contribution in [-0.2, 0) is 16.9 Å². The molecule has 0 saturated carbocycles. The van der Waals surface area contributed by atoms with Gasteiger partial charge in [-0.25, -0.2) is 13.4 Å². The first kappa shape index (κ1) is 11.6. The molecule has 6 heteroatoms. The van der Waals surface area contributed by atoms with E-state index in [4.69, 9.17) is 0 Å². The van der Waals surface area contributed by atoms with Crippen molar-refractivity contribution in [2.45, 2.75) is 10.1 Å². The normalized spacial score (nSPS) is 16.4. The van der Waals surface area contributed by atoms with Crippen molar-refractivity contribution in [2.75, 3.05) is 0 Å². The predicted molar refractivity (Wildman–Crippen MR) is 70.7 cm³/mol. The number of fused-ring (bicyclic) bond motifs is 1. The Morgan fingerprint density at radius 2 is 2.06 bits per heavy atom. The highest BCUT2D eigenvalue weighted by molar-refractivity contribution is 8.09. The monoisotopic (exact) mass is 278 g/mol. The molecule has 18 heavy (non-hydrogen) atoms. The highest BCUT2D eigenvalue weighted by atomic mass is 32.2. The van der Waals surface area contributed by atoms with Crippen LogP contribution in [0, 0.1) is 0 Å². The fraction of sp³-hybridized carbons (Fsp3) is 0.0833. The molecular weight excluding hydrogens is 268 g/mol. The van der Waals surface area contributed by atoms with E-state index >= 15 is 0 Å². The van der Waals surface area contributed by atoms with E-state index in [-0.39, 0.29) is 0 Å². The zero-order valence-electron chi connectivity index (χ0n) is 9.57. The van der Waals surface area contributed by atoms with Gasteiger partial charge in [0.05, 0.1) is 10.3 Å². The Balaban J connectivity index is 2.08. The zero-order chi connectivity index (χ0) is 12.8. The Hall–Kier alpha value is -1.53. The first-order valence-electron chi connectivity index (χ1n) is 5.29. The van der Waals surface area contributed by atoms with Crippen LogP contribution in [0.1, 0.15) is 5.56 Å². The molecule has 0 N–H and O–H groups in total. The number of aromatic nitrogens is 2. The Morgan fingerprint density at radius 3 is 2.78 bits per heavy atom. The minimum absolute atomic E-state index is 0.377. The standard InChI is InChI=1S/C12H10N2O2S2/c1-14-7-6-13-12(14)17-10-8-18(15,16)11-5-3-2-4-9(10)11/h2-8H,1H3. The summed E-state index contributed by atoms with van der Waals surface area (Å²) < 4.78 is 25.8. The fourth-order valence-corrected chi connectivity index (χ4v) is 4.54. The third-order valence-electron chi connectivity index (χ3n) is 2.70. The summed E-state index contributed by atoms with van der Waals surface area (Å²) in [6, 6.07) is 7.03. The molecule has 0 spiro atoms. The topological polar surface area (TPSA) is 52.0 Å². The van der Waals surface area contributed by atoms with Gasteiger partial charge in [0.2, 0.25) is 9.84 Å². The molecule has 4 nitrogen and oxygen atoms in total. The van der Waals surface area contributed by atoms with Gasteiger partial charge in [0.1, 0.15) is 0 Å². The lowest BCUT2D eigenvalue weighted by Crippen LogP contribution is -1.92. The Morgan fingerprint density at radius 1 is 1.28 bits per heavy atom. The molecule has 0 amide bonds. The smallest absolute Gasteiger partial charge is 0.201 e. The van der Waals surface area contributed by atoms with E-state index < -0.39 is 9.84 Å². The third-order valence-corrected chi connectivity index (χ3v) is 5.50. The van der Waals surface area contributed by atoms with Gasteiger partial charge in [-0.2, -0.15) is 0 Å². The lowest BCUT2D eigenvalue weighted by Gasteiger charge is -2.03. The summed E-state index contributed by atoms with van der Waals surface area (Å²) in [5.41, 5.74) is 0.755. The molecule has 92 valence electrons. The van der Waals surface area contributed by atoms with Crippen LogP contribution >= 0.6 is 11.8 Å². The Bertz CT molecular complexity index is 745. The van der Waals surface area contributed by atoms with Crippen molar-refractivity contribution in [1.29, 1.82) is 0 Å². The van der Waals surface area contributed by atoms with Crippen LogP contribution in [0.4, 0.5) is 0 Å². The molecule has 0 radical (unpaired) electrons. The van der Waals surface area contributed by atoms with Crippen molar-refractivity contribution >= 4 is 26.5 Å². The van der Waals surface area contributed by atoms with Crippen LogP contribution in [0.15, 0.2) is 52.1 Å². The molecule has 1 aromatic carbocycles. The van der Waals surface area contributed by atoms with Gasteiger partial charge in [-0.15, -0.1) is 0 Å². The van der Waals surface area contributed by atoms with Crippen LogP contribution < -0.4 is 0 Å². The second-order valence-electron chi connectivity index (χ2n) is 3.95. The molecule has 0 bridgehead atoms. The summed E-state index contributed by atoms with van der Waals surface area (Å²) in [6.07, 6.45) is 3.52. The summed E-state index contributed by atoms with van der Waals surface area (Å²) in [4.78, 5) is 5.29. The number of aryl methyl sites for hydroxylation is 1. The SMILES string of the molecule is Cn1ccnc1SC1=CS(=O)(=O)c2ccccc21. The van der Waals surface area contributed by atoms with Gasteiger partial charge in [0.25, 0.3) is 0 Å². The van der Waals surface area contributed by atoms with Gasteiger partial charge in [0.15, 0.2) is 5.16 Å². The lowest BCUT2D eigenvalue weighted by atomic mass is 10.2. The number of sulfone groups is 1. The van der Waals surface area contributed by atoms with E-state index in [9.17, 15) is 8.42 Å². The van der Waals surface area contributed by atoms with E-state index in [0.717, 1.165) is 15.6 Å². The van der Waals surface area contributed by atoms with Gasteiger partial charge in [0, 0.05) is 29.9 Å². The van der Waals surface area contributed by atoms with E-state index in [1.807, 2.05) is 29.9 Å². The molecule has 0 atom stereocenters. The summed E-state index contributed by atoms with van der Waals surface area (Å²) in [5.74, 6) is 0. The largest absolute Gasteiger partial charge is 0.329 e. The Kier molecular flexibility index (Phi) is 2.57. The quantitative estimate of drug-likeness (QED) is 0.846. The van der Waals surface area contributed by atoms with Crippen LogP contribution in [0.3, 0.4) is 0 Å². The molecule has 2 aromatic rings. The first-order chi connectivity index (χ1) is 8.58. The average Bonchev–Trinajstić information content (AvgIpc) is 2.84. The number of benzene rings is 1. The van der Waals surface area contributed by atoms with Crippen molar-refractivity contribution in [3.63, 3.8) is 0 Å². The van der Waals surface area contributed by atoms with Crippen molar-refractivity contribution in [1.82, 2.24) is 9.55 Å². The molecule has 0 unspecified atom stereocenters. The molecule has 3 rings (SSSR count). The summed E-state index contributed by atoms with van der Waals surface area (Å²) in [6.45, 7) is 0. The second-order valence-corrected chi connectivity index (χ2v) is 6.72. The van der Waals surface area contributed by atoms with E-state index in [2.05, 4.69) is 4.98 Å². The molecule has 0 saturated heterocycles. The maximum absolute atomic E-state index is 12.0. The zero-order valence-corrected chi connectivity index (χ0v) is 11.2. The van der Waals surface area contributed by atoms with Gasteiger partial charge < -0.3 is 4.57 Å². The van der Waals surface area contributed by atoms with Crippen molar-refractivity contribution in [3.8, 4) is 0 Å². The van der Waals surface area contributed by atoms with E-state index in [1.54, 1.807) is 18.3 Å². The number of nitrogens with zero attached hydrogens (tertiary/aromatic N) is 2. The van der Waals surface area contributed by atoms with Gasteiger partial charge >= 0.3 is 0 Å². The number of hydrogen-bond acceptors (Lipinski definition) is 4. The molecule has 1 aliphatic rings. The van der Waals surface area contributed by atoms with E-state index in [0.29, 0.717) is 4.90 Å². The highest BCUT2D eigenvalue weighted by Gasteiger charge is 2.27.